The molecule has 0 aliphatic carbocycles. The molecule has 0 aliphatic rings. The van der Waals surface area contributed by atoms with Gasteiger partial charge in [0.2, 0.25) is 4.96 Å². The zero-order valence-electron chi connectivity index (χ0n) is 21.3. The number of hydrogen-bond donors (Lipinski definition) is 0. The van der Waals surface area contributed by atoms with E-state index in [0.717, 1.165) is 23.2 Å². The van der Waals surface area contributed by atoms with Gasteiger partial charge in [0, 0.05) is 22.9 Å². The first-order valence-corrected chi connectivity index (χ1v) is 13.4. The van der Waals surface area contributed by atoms with Crippen LogP contribution in [-0.2, 0) is 0 Å². The molecule has 0 spiro atoms. The highest BCUT2D eigenvalue weighted by molar-refractivity contribution is 7.15. The van der Waals surface area contributed by atoms with Crippen LogP contribution >= 0.6 is 11.3 Å². The molecule has 9 heteroatoms. The van der Waals surface area contributed by atoms with Gasteiger partial charge in [-0.25, -0.2) is 9.07 Å². The highest BCUT2D eigenvalue weighted by atomic mass is 32.1. The zero-order valence-corrected chi connectivity index (χ0v) is 22.2. The van der Waals surface area contributed by atoms with Gasteiger partial charge in [-0.3, -0.25) is 4.79 Å². The van der Waals surface area contributed by atoms with Crippen molar-refractivity contribution in [1.29, 1.82) is 0 Å². The predicted octanol–water partition coefficient (Wildman–Crippen LogP) is 5.45. The number of nitrogens with zero attached hydrogens (tertiary/aromatic N) is 5. The second-order valence-corrected chi connectivity index (χ2v) is 10.1. The Hall–Kier alpha value is -4.63. The van der Waals surface area contributed by atoms with Crippen LogP contribution in [0.3, 0.4) is 0 Å². The molecule has 0 bridgehead atoms. The van der Waals surface area contributed by atoms with E-state index in [2.05, 4.69) is 10.1 Å². The van der Waals surface area contributed by atoms with Crippen molar-refractivity contribution in [3.8, 4) is 34.1 Å². The van der Waals surface area contributed by atoms with Crippen LogP contribution in [0.1, 0.15) is 24.5 Å². The summed E-state index contributed by atoms with van der Waals surface area (Å²) in [5.41, 5.74) is 4.34. The van der Waals surface area contributed by atoms with Crippen molar-refractivity contribution in [3.05, 3.63) is 111 Å². The van der Waals surface area contributed by atoms with E-state index in [1.165, 1.54) is 21.9 Å². The maximum absolute atomic E-state index is 14.9. The fourth-order valence-electron chi connectivity index (χ4n) is 4.21. The summed E-state index contributed by atoms with van der Waals surface area (Å²) in [6, 6.07) is 22.3. The lowest BCUT2D eigenvalue weighted by Crippen LogP contribution is -2.23. The first-order chi connectivity index (χ1) is 19.0. The lowest BCUT2D eigenvalue weighted by atomic mass is 10.1. The molecule has 0 saturated heterocycles. The van der Waals surface area contributed by atoms with Gasteiger partial charge < -0.3 is 4.74 Å². The van der Waals surface area contributed by atoms with Crippen LogP contribution in [0.2, 0.25) is 0 Å². The molecule has 0 aliphatic heterocycles. The van der Waals surface area contributed by atoms with Gasteiger partial charge in [0.1, 0.15) is 5.69 Å². The van der Waals surface area contributed by atoms with Crippen molar-refractivity contribution < 1.29 is 9.13 Å². The van der Waals surface area contributed by atoms with Crippen molar-refractivity contribution in [3.63, 3.8) is 0 Å². The Morgan fingerprint density at radius 3 is 2.49 bits per heavy atom. The molecule has 3 heterocycles. The summed E-state index contributed by atoms with van der Waals surface area (Å²) in [5, 5.41) is 9.21. The third-order valence-electron chi connectivity index (χ3n) is 6.21. The van der Waals surface area contributed by atoms with Crippen LogP contribution in [0.25, 0.3) is 39.4 Å². The van der Waals surface area contributed by atoms with E-state index in [9.17, 15) is 9.18 Å². The van der Waals surface area contributed by atoms with Crippen molar-refractivity contribution in [2.24, 2.45) is 0 Å². The molecular weight excluding hydrogens is 513 g/mol. The Morgan fingerprint density at radius 1 is 1.00 bits per heavy atom. The van der Waals surface area contributed by atoms with E-state index in [0.29, 0.717) is 38.7 Å². The Balaban J connectivity index is 1.45. The molecule has 194 valence electrons. The van der Waals surface area contributed by atoms with Gasteiger partial charge in [-0.15, -0.1) is 5.10 Å². The first kappa shape index (κ1) is 24.7. The number of aryl methyl sites for hydroxylation is 1. The quantitative estimate of drug-likeness (QED) is 0.271. The number of halogens is 1. The van der Waals surface area contributed by atoms with Crippen LogP contribution in [0.4, 0.5) is 4.39 Å². The van der Waals surface area contributed by atoms with Gasteiger partial charge in [0.05, 0.1) is 16.8 Å². The highest BCUT2D eigenvalue weighted by Gasteiger charge is 2.16. The van der Waals surface area contributed by atoms with Gasteiger partial charge >= 0.3 is 0 Å². The number of hydrogen-bond acceptors (Lipinski definition) is 6. The maximum Gasteiger partial charge on any atom is 0.291 e. The number of benzene rings is 3. The Morgan fingerprint density at radius 2 is 1.77 bits per heavy atom. The van der Waals surface area contributed by atoms with Gasteiger partial charge in [-0.05, 0) is 49.8 Å². The van der Waals surface area contributed by atoms with Crippen molar-refractivity contribution in [2.45, 2.75) is 20.3 Å². The molecule has 39 heavy (non-hydrogen) atoms. The minimum absolute atomic E-state index is 0.199. The van der Waals surface area contributed by atoms with Gasteiger partial charge in [0.15, 0.2) is 17.4 Å². The third-order valence-corrected chi connectivity index (χ3v) is 7.17. The number of aromatic nitrogens is 5. The lowest BCUT2D eigenvalue weighted by molar-refractivity contribution is 0.301. The predicted molar refractivity (Wildman–Crippen MR) is 151 cm³/mol. The summed E-state index contributed by atoms with van der Waals surface area (Å²) in [7, 11) is 0. The fraction of sp³-hybridized carbons (Fsp3) is 0.133. The van der Waals surface area contributed by atoms with Crippen LogP contribution in [0.15, 0.2) is 83.8 Å². The average Bonchev–Trinajstić information content (AvgIpc) is 3.64. The maximum atomic E-state index is 14.9. The minimum Gasteiger partial charge on any atom is -0.491 e. The second kappa shape index (κ2) is 10.3. The molecule has 0 amide bonds. The van der Waals surface area contributed by atoms with E-state index in [4.69, 9.17) is 9.84 Å². The minimum atomic E-state index is -0.465. The number of fused-ring (bicyclic) bond motifs is 1. The van der Waals surface area contributed by atoms with Crippen LogP contribution < -0.4 is 14.8 Å². The smallest absolute Gasteiger partial charge is 0.291 e. The van der Waals surface area contributed by atoms with Gasteiger partial charge in [0.25, 0.3) is 5.56 Å². The van der Waals surface area contributed by atoms with Crippen LogP contribution in [-0.4, -0.2) is 31.0 Å². The van der Waals surface area contributed by atoms with Crippen molar-refractivity contribution >= 4 is 22.4 Å². The zero-order chi connectivity index (χ0) is 26.9. The molecule has 0 fully saturated rings. The Bertz CT molecular complexity index is 1890. The average molecular weight is 538 g/mol. The molecule has 0 N–H and O–H groups in total. The summed E-state index contributed by atoms with van der Waals surface area (Å²) in [6.07, 6.45) is 4.37. The monoisotopic (exact) mass is 537 g/mol. The summed E-state index contributed by atoms with van der Waals surface area (Å²) < 4.78 is 23.9. The van der Waals surface area contributed by atoms with E-state index in [-0.39, 0.29) is 11.3 Å². The molecule has 6 rings (SSSR count). The molecule has 3 aromatic heterocycles. The van der Waals surface area contributed by atoms with Gasteiger partial charge in [-0.1, -0.05) is 66.3 Å². The van der Waals surface area contributed by atoms with Crippen molar-refractivity contribution in [2.75, 3.05) is 6.61 Å². The fourth-order valence-corrected chi connectivity index (χ4v) is 5.11. The summed E-state index contributed by atoms with van der Waals surface area (Å²) in [5.74, 6) is 0.238. The second-order valence-electron chi connectivity index (χ2n) is 9.12. The number of thiazole rings is 1. The summed E-state index contributed by atoms with van der Waals surface area (Å²) in [6.45, 7) is 4.41. The molecule has 0 saturated carbocycles. The van der Waals surface area contributed by atoms with Gasteiger partial charge in [-0.2, -0.15) is 14.6 Å². The standard InChI is InChI=1S/C30H24FN5O2S/c1-3-15-38-25-14-13-21(16-24(25)31)27-22(18-35(33-27)23-7-5-4-6-8-23)17-26-29(37)36-30(39-26)32-28(34-36)20-11-9-19(2)10-12-20/h4-14,16-18H,3,15H2,1-2H3. The molecule has 6 aromatic rings. The van der Waals surface area contributed by atoms with E-state index in [1.54, 1.807) is 22.9 Å². The molecule has 7 nitrogen and oxygen atoms in total. The normalized spacial score (nSPS) is 11.9. The van der Waals surface area contributed by atoms with Crippen LogP contribution in [0.5, 0.6) is 5.75 Å². The molecule has 0 radical (unpaired) electrons. The molecular formula is C30H24FN5O2S. The molecule has 3 aromatic carbocycles. The summed E-state index contributed by atoms with van der Waals surface area (Å²) >= 11 is 1.25. The van der Waals surface area contributed by atoms with Crippen LogP contribution in [0, 0.1) is 12.7 Å². The Kier molecular flexibility index (Phi) is 6.50. The largest absolute Gasteiger partial charge is 0.491 e. The number of rotatable bonds is 7. The summed E-state index contributed by atoms with van der Waals surface area (Å²) in [4.78, 5) is 18.4. The lowest BCUT2D eigenvalue weighted by Gasteiger charge is -2.07. The van der Waals surface area contributed by atoms with Crippen molar-refractivity contribution in [1.82, 2.24) is 24.4 Å². The topological polar surface area (TPSA) is 74.3 Å². The van der Waals surface area contributed by atoms with E-state index >= 15 is 0 Å². The third kappa shape index (κ3) is 4.84. The SMILES string of the molecule is CCCOc1ccc(-c2nn(-c3ccccc3)cc2C=c2sc3nc(-c4ccc(C)cc4)nn3c2=O)cc1F. The Labute approximate surface area is 227 Å². The van der Waals surface area contributed by atoms with E-state index < -0.39 is 5.82 Å². The highest BCUT2D eigenvalue weighted by Crippen LogP contribution is 2.29. The molecule has 0 unspecified atom stereocenters. The number of ether oxygens (including phenoxy) is 1. The number of para-hydroxylation sites is 1. The molecule has 0 atom stereocenters. The van der Waals surface area contributed by atoms with E-state index in [1.807, 2.05) is 74.6 Å². The first-order valence-electron chi connectivity index (χ1n) is 12.6.